The van der Waals surface area contributed by atoms with Crippen LogP contribution < -0.4 is 11.5 Å². The summed E-state index contributed by atoms with van der Waals surface area (Å²) in [7, 11) is -4.67. The van der Waals surface area contributed by atoms with Crippen LogP contribution in [0.5, 0.6) is 0 Å². The first kappa shape index (κ1) is 16.7. The van der Waals surface area contributed by atoms with E-state index in [0.717, 1.165) is 0 Å². The normalized spacial score (nSPS) is 8.80. The predicted molar refractivity (Wildman–Crippen MR) is 32.3 cm³/mol. The Bertz CT molecular complexity index is 124. The van der Waals surface area contributed by atoms with Crippen molar-refractivity contribution in [2.45, 2.75) is 0 Å². The van der Waals surface area contributed by atoms with Gasteiger partial charge in [0.15, 0.2) is 0 Å². The SMILES string of the molecule is NCCN.O=S(=O)(O)O.[Fe+3]. The Labute approximate surface area is 70.0 Å². The van der Waals surface area contributed by atoms with Gasteiger partial charge in [0.1, 0.15) is 0 Å². The van der Waals surface area contributed by atoms with E-state index >= 15 is 0 Å². The molecule has 0 rings (SSSR count). The largest absolute Gasteiger partial charge is 3.00 e. The summed E-state index contributed by atoms with van der Waals surface area (Å²) in [4.78, 5) is 0. The van der Waals surface area contributed by atoms with Gasteiger partial charge >= 0.3 is 27.5 Å². The summed E-state index contributed by atoms with van der Waals surface area (Å²) in [6, 6.07) is 0. The van der Waals surface area contributed by atoms with Crippen LogP contribution in [0, 0.1) is 0 Å². The Balaban J connectivity index is -0.0000000910. The molecule has 0 aromatic heterocycles. The minimum atomic E-state index is -4.67. The molecule has 8 heteroatoms. The third kappa shape index (κ3) is 259. The van der Waals surface area contributed by atoms with Crippen LogP contribution in [-0.4, -0.2) is 30.6 Å². The molecule has 0 bridgehead atoms. The van der Waals surface area contributed by atoms with E-state index < -0.39 is 10.4 Å². The van der Waals surface area contributed by atoms with E-state index in [-0.39, 0.29) is 17.1 Å². The fourth-order valence-electron chi connectivity index (χ4n) is 0. The second kappa shape index (κ2) is 9.31. The van der Waals surface area contributed by atoms with Crippen molar-refractivity contribution in [3.8, 4) is 0 Å². The van der Waals surface area contributed by atoms with Crippen molar-refractivity contribution in [1.82, 2.24) is 0 Å². The summed E-state index contributed by atoms with van der Waals surface area (Å²) >= 11 is 0. The Kier molecular flexibility index (Phi) is 15.6. The zero-order valence-corrected chi connectivity index (χ0v) is 6.96. The van der Waals surface area contributed by atoms with E-state index in [0.29, 0.717) is 13.1 Å². The van der Waals surface area contributed by atoms with Crippen LogP contribution in [0.2, 0.25) is 0 Å². The molecule has 0 unspecified atom stereocenters. The Hall–Kier alpha value is 0.309. The van der Waals surface area contributed by atoms with Crippen LogP contribution in [0.4, 0.5) is 0 Å². The smallest absolute Gasteiger partial charge is 0.329 e. The fourth-order valence-corrected chi connectivity index (χ4v) is 0. The van der Waals surface area contributed by atoms with Crippen LogP contribution in [0.1, 0.15) is 0 Å². The molecule has 6 N–H and O–H groups in total. The maximum absolute atomic E-state index is 8.74. The van der Waals surface area contributed by atoms with Gasteiger partial charge in [0, 0.05) is 13.1 Å². The Morgan fingerprint density at radius 3 is 1.20 bits per heavy atom. The average molecular weight is 214 g/mol. The summed E-state index contributed by atoms with van der Waals surface area (Å²) < 4.78 is 31.6. The molecule has 6 nitrogen and oxygen atoms in total. The third-order valence-corrected chi connectivity index (χ3v) is 0.167. The van der Waals surface area contributed by atoms with Gasteiger partial charge in [-0.15, -0.1) is 0 Å². The van der Waals surface area contributed by atoms with Crippen LogP contribution in [-0.2, 0) is 27.5 Å². The quantitative estimate of drug-likeness (QED) is 0.302. The number of hydrogen-bond acceptors (Lipinski definition) is 4. The molecule has 0 fully saturated rings. The van der Waals surface area contributed by atoms with Gasteiger partial charge in [0.2, 0.25) is 0 Å². The number of hydrogen-bond donors (Lipinski definition) is 4. The second-order valence-corrected chi connectivity index (χ2v) is 1.92. The summed E-state index contributed by atoms with van der Waals surface area (Å²) in [6.45, 7) is 1.19. The molecule has 0 amide bonds. The molecule has 0 saturated carbocycles. The van der Waals surface area contributed by atoms with Crippen molar-refractivity contribution in [1.29, 1.82) is 0 Å². The molecule has 0 aromatic rings. The monoisotopic (exact) mass is 214 g/mol. The molecule has 0 heterocycles. The first-order chi connectivity index (χ1) is 3.91. The van der Waals surface area contributed by atoms with Crippen molar-refractivity contribution in [3.05, 3.63) is 0 Å². The first-order valence-corrected chi connectivity index (χ1v) is 3.41. The van der Waals surface area contributed by atoms with Gasteiger partial charge in [0.05, 0.1) is 0 Å². The van der Waals surface area contributed by atoms with E-state index in [1.54, 1.807) is 0 Å². The van der Waals surface area contributed by atoms with Gasteiger partial charge in [-0.25, -0.2) is 0 Å². The number of nitrogens with two attached hydrogens (primary N) is 2. The zero-order chi connectivity index (χ0) is 7.91. The predicted octanol–water partition coefficient (Wildman–Crippen LogP) is -1.75. The van der Waals surface area contributed by atoms with E-state index in [1.165, 1.54) is 0 Å². The van der Waals surface area contributed by atoms with Crippen LogP contribution in [0.25, 0.3) is 0 Å². The van der Waals surface area contributed by atoms with Crippen molar-refractivity contribution in [2.24, 2.45) is 11.5 Å². The Morgan fingerprint density at radius 2 is 1.20 bits per heavy atom. The molecule has 0 saturated heterocycles. The molecule has 0 atom stereocenters. The topological polar surface area (TPSA) is 127 Å². The van der Waals surface area contributed by atoms with Crippen LogP contribution >= 0.6 is 0 Å². The van der Waals surface area contributed by atoms with E-state index in [2.05, 4.69) is 0 Å². The molecule has 0 aliphatic carbocycles. The van der Waals surface area contributed by atoms with Crippen molar-refractivity contribution >= 4 is 10.4 Å². The van der Waals surface area contributed by atoms with Crippen LogP contribution in [0.15, 0.2) is 0 Å². The summed E-state index contributed by atoms with van der Waals surface area (Å²) in [6.07, 6.45) is 0. The molecule has 0 aliphatic rings. The van der Waals surface area contributed by atoms with Gasteiger partial charge in [0.25, 0.3) is 0 Å². The Morgan fingerprint density at radius 1 is 1.10 bits per heavy atom. The molecular formula is C2H10FeN2O4S+3. The van der Waals surface area contributed by atoms with Gasteiger partial charge in [-0.1, -0.05) is 0 Å². The van der Waals surface area contributed by atoms with Gasteiger partial charge in [-0.2, -0.15) is 8.42 Å². The zero-order valence-electron chi connectivity index (χ0n) is 5.04. The average Bonchev–Trinajstić information content (AvgIpc) is 1.61. The summed E-state index contributed by atoms with van der Waals surface area (Å²) in [5.41, 5.74) is 9.81. The summed E-state index contributed by atoms with van der Waals surface area (Å²) in [5.74, 6) is 0. The van der Waals surface area contributed by atoms with Gasteiger partial charge in [-0.05, 0) is 0 Å². The van der Waals surface area contributed by atoms with E-state index in [9.17, 15) is 0 Å². The molecule has 0 aromatic carbocycles. The maximum atomic E-state index is 8.74. The standard InChI is InChI=1S/C2H8N2.Fe.H2O4S/c3-1-2-4;;1-5(2,3)4/h1-4H2;;(H2,1,2,3,4)/q;+3;. The van der Waals surface area contributed by atoms with Gasteiger partial charge < -0.3 is 11.5 Å². The van der Waals surface area contributed by atoms with E-state index in [1.807, 2.05) is 0 Å². The molecule has 10 heavy (non-hydrogen) atoms. The first-order valence-electron chi connectivity index (χ1n) is 2.01. The molecule has 1 radical (unpaired) electrons. The molecule has 63 valence electrons. The minimum absolute atomic E-state index is 0. The van der Waals surface area contributed by atoms with Crippen molar-refractivity contribution in [2.75, 3.05) is 13.1 Å². The van der Waals surface area contributed by atoms with E-state index in [4.69, 9.17) is 29.0 Å². The van der Waals surface area contributed by atoms with Gasteiger partial charge in [-0.3, -0.25) is 9.11 Å². The molecule has 0 aliphatic heterocycles. The molecular weight excluding hydrogens is 204 g/mol. The number of rotatable bonds is 1. The molecule has 0 spiro atoms. The third-order valence-electron chi connectivity index (χ3n) is 0.167. The maximum Gasteiger partial charge on any atom is 3.00 e. The van der Waals surface area contributed by atoms with Crippen molar-refractivity contribution in [3.63, 3.8) is 0 Å². The van der Waals surface area contributed by atoms with Crippen molar-refractivity contribution < 1.29 is 34.6 Å². The minimum Gasteiger partial charge on any atom is -0.329 e. The summed E-state index contributed by atoms with van der Waals surface area (Å²) in [5, 5.41) is 0. The fraction of sp³-hybridized carbons (Fsp3) is 1.00. The van der Waals surface area contributed by atoms with Crippen LogP contribution in [0.3, 0.4) is 0 Å². The second-order valence-electron chi connectivity index (χ2n) is 1.03.